The number of ether oxygens (including phenoxy) is 7. The number of para-hydroxylation sites is 2. The van der Waals surface area contributed by atoms with Crippen molar-refractivity contribution in [3.8, 4) is 23.0 Å². The van der Waals surface area contributed by atoms with E-state index in [0.29, 0.717) is 96.2 Å². The van der Waals surface area contributed by atoms with Crippen LogP contribution in [0, 0.1) is 0 Å². The average Bonchev–Trinajstić information content (AvgIpc) is 1.63. The molecule has 6 heterocycles. The van der Waals surface area contributed by atoms with Crippen LogP contribution in [0.25, 0.3) is 0 Å². The zero-order valence-electron chi connectivity index (χ0n) is 51.0. The summed E-state index contributed by atoms with van der Waals surface area (Å²) in [7, 11) is -0.289. The van der Waals surface area contributed by atoms with Crippen molar-refractivity contribution in [2.45, 2.75) is 99.3 Å². The van der Waals surface area contributed by atoms with E-state index >= 15 is 0 Å². The molecule has 5 aromatic carbocycles. The van der Waals surface area contributed by atoms with Crippen molar-refractivity contribution in [1.29, 1.82) is 0 Å². The molecule has 91 heavy (non-hydrogen) atoms. The number of imide groups is 1. The topological polar surface area (TPSA) is 291 Å². The predicted molar refractivity (Wildman–Crippen MR) is 335 cm³/mol. The van der Waals surface area contributed by atoms with E-state index in [1.54, 1.807) is 37.4 Å². The van der Waals surface area contributed by atoms with Crippen LogP contribution in [0.1, 0.15) is 82.5 Å². The average molecular weight is 1290 g/mol. The van der Waals surface area contributed by atoms with Gasteiger partial charge in [0.2, 0.25) is 5.91 Å². The highest BCUT2D eigenvalue weighted by Crippen LogP contribution is 2.45. The van der Waals surface area contributed by atoms with E-state index in [9.17, 15) is 46.8 Å². The molecule has 5 aromatic rings. The molecule has 2 fully saturated rings. The van der Waals surface area contributed by atoms with E-state index in [2.05, 4.69) is 15.5 Å². The number of amides is 5. The lowest BCUT2D eigenvalue weighted by Crippen LogP contribution is -2.49. The minimum Gasteiger partial charge on any atom is -0.493 e. The van der Waals surface area contributed by atoms with Crippen molar-refractivity contribution in [2.24, 2.45) is 0 Å². The van der Waals surface area contributed by atoms with Gasteiger partial charge in [-0.2, -0.15) is 8.42 Å². The number of methoxy groups -OCH3 is 3. The van der Waals surface area contributed by atoms with Gasteiger partial charge in [0.25, 0.3) is 33.7 Å². The number of aliphatic hydroxyl groups excluding tert-OH is 1. The van der Waals surface area contributed by atoms with Gasteiger partial charge in [0.05, 0.1) is 93.5 Å². The standard InChI is InChI=1S/C64H73N7O18S2/c1-64(2,90-55-33-58(74)68(63(55)78)17-16-59(75)89-71-56(72)14-15-57(71)73)37-67(18-19-85-22-23-86-21-20-82-3)42-25-38(35-87-53-31-46-44(29-51(53)83-4)61(76)69-43(34-65-46)27-40-10-6-8-12-48(40)69)24-39(26-42)36-88-54-32-47-45(30-52(54)84-5)62(77)70-49-13-9-7-11-41(49)28-50(70)60(66-47)91(79,80)81/h6-13,24-26,29-32,43,50,55,60,63,65-66,78H,14-23,27-28,33-37H2,1-5H3,(H,79,80,81)/t43-,50-,55?,60?,63?/m0/s1. The molecule has 27 heteroatoms. The minimum absolute atomic E-state index is 0.0240. The Kier molecular flexibility index (Phi) is 19.3. The molecule has 5 amide bonds. The van der Waals surface area contributed by atoms with Crippen molar-refractivity contribution in [3.63, 3.8) is 0 Å². The molecule has 0 aliphatic carbocycles. The largest absolute Gasteiger partial charge is 0.493 e. The summed E-state index contributed by atoms with van der Waals surface area (Å²) >= 11 is 1.39. The number of thioether (sulfide) groups is 1. The number of nitrogens with zero attached hydrogens (tertiary/aromatic N) is 5. The van der Waals surface area contributed by atoms with Gasteiger partial charge in [-0.05, 0) is 91.4 Å². The van der Waals surface area contributed by atoms with Crippen LogP contribution in [0.15, 0.2) is 91.0 Å². The molecule has 5 atom stereocenters. The predicted octanol–water partition coefficient (Wildman–Crippen LogP) is 5.98. The van der Waals surface area contributed by atoms with Gasteiger partial charge in [-0.1, -0.05) is 36.4 Å². The summed E-state index contributed by atoms with van der Waals surface area (Å²) in [5.41, 5.74) is 6.41. The highest BCUT2D eigenvalue weighted by atomic mass is 32.2. The van der Waals surface area contributed by atoms with E-state index in [1.165, 1.54) is 47.9 Å². The summed E-state index contributed by atoms with van der Waals surface area (Å²) in [6.45, 7) is 6.39. The maximum atomic E-state index is 14.5. The third kappa shape index (κ3) is 14.0. The number of anilines is 5. The second-order valence-corrected chi connectivity index (χ2v) is 26.9. The zero-order chi connectivity index (χ0) is 64.3. The molecular formula is C64H73N7O18S2. The van der Waals surface area contributed by atoms with Crippen LogP contribution >= 0.6 is 11.8 Å². The number of hydrogen-bond acceptors (Lipinski definition) is 21. The fourth-order valence-electron chi connectivity index (χ4n) is 12.5. The molecule has 0 spiro atoms. The van der Waals surface area contributed by atoms with E-state index in [1.807, 2.05) is 67.3 Å². The van der Waals surface area contributed by atoms with Crippen LogP contribution in [0.5, 0.6) is 23.0 Å². The van der Waals surface area contributed by atoms with E-state index in [0.717, 1.165) is 16.8 Å². The van der Waals surface area contributed by atoms with Crippen LogP contribution in [0.4, 0.5) is 28.4 Å². The van der Waals surface area contributed by atoms with Gasteiger partial charge in [-0.25, -0.2) is 4.79 Å². The van der Waals surface area contributed by atoms with E-state index in [4.69, 9.17) is 38.0 Å². The lowest BCUT2D eigenvalue weighted by atomic mass is 10.1. The van der Waals surface area contributed by atoms with Crippen LogP contribution < -0.4 is 44.3 Å². The number of carbonyl (C=O) groups excluding carboxylic acids is 6. The molecule has 0 aromatic heterocycles. The first-order valence-electron chi connectivity index (χ1n) is 30.0. The minimum atomic E-state index is -4.80. The number of benzene rings is 5. The number of aliphatic hydroxyl groups is 1. The van der Waals surface area contributed by atoms with Gasteiger partial charge in [0, 0.05) is 86.5 Å². The highest BCUT2D eigenvalue weighted by molar-refractivity contribution is 8.01. The quantitative estimate of drug-likeness (QED) is 0.0267. The van der Waals surface area contributed by atoms with Gasteiger partial charge in [0.15, 0.2) is 28.4 Å². The normalized spacial score (nSPS) is 20.0. The Morgan fingerprint density at radius 3 is 1.92 bits per heavy atom. The molecule has 4 N–H and O–H groups in total. The van der Waals surface area contributed by atoms with Crippen LogP contribution in [0.3, 0.4) is 0 Å². The van der Waals surface area contributed by atoms with Crippen molar-refractivity contribution in [3.05, 3.63) is 124 Å². The number of carbonyl (C=O) groups is 6. The van der Waals surface area contributed by atoms with Crippen LogP contribution in [-0.4, -0.2) is 178 Å². The number of nitrogens with one attached hydrogen (secondary N) is 2. The Morgan fingerprint density at radius 2 is 1.29 bits per heavy atom. The summed E-state index contributed by atoms with van der Waals surface area (Å²) in [5.74, 6) is -2.24. The van der Waals surface area contributed by atoms with Gasteiger partial charge in [-0.3, -0.25) is 28.5 Å². The molecule has 6 aliphatic heterocycles. The van der Waals surface area contributed by atoms with Crippen molar-refractivity contribution < 1.29 is 84.8 Å². The summed E-state index contributed by atoms with van der Waals surface area (Å²) in [6, 6.07) is 26.1. The number of hydrogen-bond donors (Lipinski definition) is 4. The maximum Gasteiger partial charge on any atom is 0.334 e. The molecule has 484 valence electrons. The van der Waals surface area contributed by atoms with Crippen LogP contribution in [0.2, 0.25) is 0 Å². The maximum absolute atomic E-state index is 14.5. The monoisotopic (exact) mass is 1290 g/mol. The Morgan fingerprint density at radius 1 is 0.703 bits per heavy atom. The summed E-state index contributed by atoms with van der Waals surface area (Å²) in [5, 5.41) is 16.3. The Hall–Kier alpha value is -8.18. The number of rotatable bonds is 27. The third-order valence-electron chi connectivity index (χ3n) is 16.7. The molecule has 25 nitrogen and oxygen atoms in total. The Balaban J connectivity index is 0.890. The first-order valence-corrected chi connectivity index (χ1v) is 32.3. The van der Waals surface area contributed by atoms with Crippen LogP contribution in [-0.2, 0) is 74.4 Å². The van der Waals surface area contributed by atoms with Gasteiger partial charge in [0.1, 0.15) is 19.4 Å². The number of hydroxylamine groups is 2. The second-order valence-electron chi connectivity index (χ2n) is 23.4. The molecular weight excluding hydrogens is 1220 g/mol. The molecule has 6 aliphatic rings. The number of likely N-dealkylation sites (tertiary alicyclic amines) is 1. The molecule has 2 saturated heterocycles. The molecule has 0 radical (unpaired) electrons. The van der Waals surface area contributed by atoms with Crippen molar-refractivity contribution in [1.82, 2.24) is 9.96 Å². The fourth-order valence-corrected chi connectivity index (χ4v) is 14.9. The first-order chi connectivity index (χ1) is 43.7. The SMILES string of the molecule is COCCOCCOCCN(CC(C)(C)SC1CC(=O)N(CCC(=O)ON2C(=O)CCC2=O)C1O)c1cc(COc2cc3c(cc2OC)C(=O)N2c4ccccc4C[C@H]2CN3)cc(COc2cc3c(cc2OC)C(=O)N2c4ccccc4C[C@H]2C(S(=O)(=O)O)N3)c1. The third-order valence-corrected chi connectivity index (χ3v) is 19.3. The summed E-state index contributed by atoms with van der Waals surface area (Å²) in [4.78, 5) is 90.9. The van der Waals surface area contributed by atoms with Gasteiger partial charge < -0.3 is 73.3 Å². The van der Waals surface area contributed by atoms with E-state index in [-0.39, 0.29) is 99.8 Å². The Labute approximate surface area is 530 Å². The molecule has 3 unspecified atom stereocenters. The second kappa shape index (κ2) is 27.3. The lowest BCUT2D eigenvalue weighted by Gasteiger charge is -2.36. The number of fused-ring (bicyclic) bond motifs is 8. The smallest absolute Gasteiger partial charge is 0.334 e. The van der Waals surface area contributed by atoms with Crippen molar-refractivity contribution in [2.75, 3.05) is 106 Å². The first kappa shape index (κ1) is 64.4. The summed E-state index contributed by atoms with van der Waals surface area (Å²) < 4.78 is 78.3. The lowest BCUT2D eigenvalue weighted by molar-refractivity contribution is -0.197. The van der Waals surface area contributed by atoms with Gasteiger partial charge in [-0.15, -0.1) is 16.8 Å². The Bertz CT molecular complexity index is 3720. The van der Waals surface area contributed by atoms with E-state index < -0.39 is 67.4 Å². The summed E-state index contributed by atoms with van der Waals surface area (Å²) in [6.07, 6.45) is -0.998. The van der Waals surface area contributed by atoms with Crippen molar-refractivity contribution >= 4 is 85.8 Å². The highest BCUT2D eigenvalue weighted by Gasteiger charge is 2.48. The zero-order valence-corrected chi connectivity index (χ0v) is 52.7. The molecule has 0 bridgehead atoms. The fraction of sp³-hybridized carbons (Fsp3) is 0.438. The molecule has 11 rings (SSSR count). The molecule has 0 saturated carbocycles. The van der Waals surface area contributed by atoms with Gasteiger partial charge >= 0.3 is 5.97 Å².